The molecule has 1 heterocycles. The largest absolute Gasteiger partial charge is 0.484 e. The van der Waals surface area contributed by atoms with Crippen LogP contribution in [0, 0.1) is 6.92 Å². The molecule has 0 radical (unpaired) electrons. The molecule has 30 heavy (non-hydrogen) atoms. The van der Waals surface area contributed by atoms with Crippen molar-refractivity contribution in [3.63, 3.8) is 0 Å². The number of ether oxygens (including phenoxy) is 1. The molecule has 0 saturated heterocycles. The zero-order valence-electron chi connectivity index (χ0n) is 17.0. The molecule has 0 atom stereocenters. The van der Waals surface area contributed by atoms with Gasteiger partial charge in [0.2, 0.25) is 0 Å². The van der Waals surface area contributed by atoms with E-state index in [4.69, 9.17) is 16.3 Å². The Morgan fingerprint density at radius 1 is 1.13 bits per heavy atom. The van der Waals surface area contributed by atoms with Crippen LogP contribution in [0.15, 0.2) is 54.7 Å². The predicted molar refractivity (Wildman–Crippen MR) is 115 cm³/mol. The Balaban J connectivity index is 1.65. The first-order valence-electron chi connectivity index (χ1n) is 9.47. The van der Waals surface area contributed by atoms with E-state index in [1.54, 1.807) is 22.9 Å². The third-order valence-corrected chi connectivity index (χ3v) is 4.60. The first-order chi connectivity index (χ1) is 14.3. The van der Waals surface area contributed by atoms with Gasteiger partial charge in [-0.2, -0.15) is 5.10 Å². The van der Waals surface area contributed by atoms with Crippen LogP contribution in [0.2, 0.25) is 5.02 Å². The number of amides is 2. The number of hydrogen-bond acceptors (Lipinski definition) is 4. The summed E-state index contributed by atoms with van der Waals surface area (Å²) in [6.45, 7) is 5.65. The average molecular weight is 427 g/mol. The number of carbonyl (C=O) groups is 2. The van der Waals surface area contributed by atoms with Crippen LogP contribution in [-0.2, 0) is 4.79 Å². The van der Waals surface area contributed by atoms with Gasteiger partial charge in [-0.25, -0.2) is 4.68 Å². The number of hydrazine groups is 1. The van der Waals surface area contributed by atoms with E-state index in [1.807, 2.05) is 51.1 Å². The summed E-state index contributed by atoms with van der Waals surface area (Å²) in [7, 11) is 0. The van der Waals surface area contributed by atoms with Gasteiger partial charge in [-0.05, 0) is 54.8 Å². The van der Waals surface area contributed by atoms with Crippen LogP contribution in [0.25, 0.3) is 5.69 Å². The zero-order valence-corrected chi connectivity index (χ0v) is 17.7. The molecule has 0 saturated carbocycles. The minimum absolute atomic E-state index is 0.0179. The number of nitrogens with zero attached hydrogens (tertiary/aromatic N) is 2. The molecule has 3 rings (SSSR count). The van der Waals surface area contributed by atoms with E-state index in [0.717, 1.165) is 16.9 Å². The number of rotatable bonds is 6. The van der Waals surface area contributed by atoms with Crippen LogP contribution in [-0.4, -0.2) is 28.2 Å². The molecule has 1 aromatic heterocycles. The Morgan fingerprint density at radius 3 is 2.53 bits per heavy atom. The number of carbonyl (C=O) groups excluding carboxylic acids is 2. The number of hydrogen-bond donors (Lipinski definition) is 2. The molecule has 2 N–H and O–H groups in total. The van der Waals surface area contributed by atoms with Crippen LogP contribution in [0.5, 0.6) is 5.75 Å². The highest BCUT2D eigenvalue weighted by molar-refractivity contribution is 6.30. The first-order valence-corrected chi connectivity index (χ1v) is 9.85. The zero-order chi connectivity index (χ0) is 21.7. The van der Waals surface area contributed by atoms with E-state index in [2.05, 4.69) is 16.0 Å². The second kappa shape index (κ2) is 9.45. The average Bonchev–Trinajstić information content (AvgIpc) is 3.16. The topological polar surface area (TPSA) is 85.2 Å². The number of halogens is 1. The van der Waals surface area contributed by atoms with E-state index in [9.17, 15) is 9.59 Å². The summed E-state index contributed by atoms with van der Waals surface area (Å²) >= 11 is 5.96. The number of nitrogens with one attached hydrogen (secondary N) is 2. The van der Waals surface area contributed by atoms with Gasteiger partial charge >= 0.3 is 0 Å². The second-order valence-electron chi connectivity index (χ2n) is 7.09. The lowest BCUT2D eigenvalue weighted by Gasteiger charge is -2.13. The van der Waals surface area contributed by atoms with Crippen molar-refractivity contribution in [1.82, 2.24) is 20.6 Å². The van der Waals surface area contributed by atoms with Gasteiger partial charge in [-0.15, -0.1) is 0 Å². The maximum Gasteiger partial charge on any atom is 0.276 e. The minimum atomic E-state index is -0.471. The molecule has 0 aliphatic carbocycles. The Bertz CT molecular complexity index is 1040. The highest BCUT2D eigenvalue weighted by Gasteiger charge is 2.21. The lowest BCUT2D eigenvalue weighted by molar-refractivity contribution is -0.123. The lowest BCUT2D eigenvalue weighted by Crippen LogP contribution is -2.44. The van der Waals surface area contributed by atoms with Crippen molar-refractivity contribution in [3.8, 4) is 11.4 Å². The first kappa shape index (κ1) is 21.4. The lowest BCUT2D eigenvalue weighted by atomic mass is 10.1. The van der Waals surface area contributed by atoms with Crippen molar-refractivity contribution in [2.45, 2.75) is 26.7 Å². The van der Waals surface area contributed by atoms with Crippen LogP contribution >= 0.6 is 11.6 Å². The fourth-order valence-corrected chi connectivity index (χ4v) is 3.09. The molecule has 0 bridgehead atoms. The molecule has 156 valence electrons. The molecule has 7 nitrogen and oxygen atoms in total. The third kappa shape index (κ3) is 5.18. The smallest absolute Gasteiger partial charge is 0.276 e. The van der Waals surface area contributed by atoms with Gasteiger partial charge in [0.05, 0.1) is 23.1 Å². The van der Waals surface area contributed by atoms with Gasteiger partial charge < -0.3 is 4.74 Å². The number of aryl methyl sites for hydroxylation is 1. The van der Waals surface area contributed by atoms with Crippen LogP contribution in [0.3, 0.4) is 0 Å². The van der Waals surface area contributed by atoms with E-state index in [1.165, 1.54) is 6.20 Å². The van der Waals surface area contributed by atoms with Crippen LogP contribution < -0.4 is 15.6 Å². The Morgan fingerprint density at radius 2 is 1.87 bits per heavy atom. The van der Waals surface area contributed by atoms with Gasteiger partial charge in [0.25, 0.3) is 11.8 Å². The summed E-state index contributed by atoms with van der Waals surface area (Å²) in [5, 5.41) is 4.96. The van der Waals surface area contributed by atoms with Crippen molar-refractivity contribution in [1.29, 1.82) is 0 Å². The Labute approximate surface area is 180 Å². The van der Waals surface area contributed by atoms with Crippen molar-refractivity contribution >= 4 is 23.4 Å². The molecule has 3 aromatic rings. The third-order valence-electron chi connectivity index (χ3n) is 4.34. The van der Waals surface area contributed by atoms with Gasteiger partial charge in [0.15, 0.2) is 6.61 Å². The monoisotopic (exact) mass is 426 g/mol. The Kier molecular flexibility index (Phi) is 6.74. The molecule has 0 unspecified atom stereocenters. The second-order valence-corrected chi connectivity index (χ2v) is 7.53. The molecular formula is C22H23ClN4O3. The van der Waals surface area contributed by atoms with Gasteiger partial charge in [0.1, 0.15) is 5.75 Å². The summed E-state index contributed by atoms with van der Waals surface area (Å²) in [6.07, 6.45) is 1.48. The van der Waals surface area contributed by atoms with Gasteiger partial charge in [0, 0.05) is 5.02 Å². The predicted octanol–water partition coefficient (Wildman–Crippen LogP) is 3.80. The molecular weight excluding hydrogens is 404 g/mol. The fraction of sp³-hybridized carbons (Fsp3) is 0.227. The van der Waals surface area contributed by atoms with Crippen LogP contribution in [0.4, 0.5) is 0 Å². The number of benzene rings is 2. The molecule has 0 spiro atoms. The normalized spacial score (nSPS) is 10.7. The highest BCUT2D eigenvalue weighted by atomic mass is 35.5. The van der Waals surface area contributed by atoms with Crippen LogP contribution in [0.1, 0.15) is 41.4 Å². The van der Waals surface area contributed by atoms with Crippen molar-refractivity contribution < 1.29 is 14.3 Å². The van der Waals surface area contributed by atoms with E-state index in [0.29, 0.717) is 16.3 Å². The molecule has 2 amide bonds. The summed E-state index contributed by atoms with van der Waals surface area (Å²) in [6, 6.07) is 14.5. The van der Waals surface area contributed by atoms with E-state index >= 15 is 0 Å². The minimum Gasteiger partial charge on any atom is -0.484 e. The molecule has 0 aliphatic heterocycles. The van der Waals surface area contributed by atoms with Crippen molar-refractivity contribution in [2.75, 3.05) is 6.61 Å². The molecule has 8 heteroatoms. The fourth-order valence-electron chi connectivity index (χ4n) is 2.96. The van der Waals surface area contributed by atoms with E-state index in [-0.39, 0.29) is 12.5 Å². The quantitative estimate of drug-likeness (QED) is 0.587. The highest BCUT2D eigenvalue weighted by Crippen LogP contribution is 2.24. The maximum atomic E-state index is 12.7. The SMILES string of the molecule is Cc1cccc(OCC(=O)NNC(=O)c2cnn(-c3ccc(Cl)cc3)c2C(C)C)c1. The molecule has 2 aromatic carbocycles. The summed E-state index contributed by atoms with van der Waals surface area (Å²) in [5.41, 5.74) is 7.71. The van der Waals surface area contributed by atoms with Gasteiger partial charge in [-0.1, -0.05) is 37.6 Å². The van der Waals surface area contributed by atoms with Gasteiger partial charge in [-0.3, -0.25) is 20.4 Å². The van der Waals surface area contributed by atoms with Crippen molar-refractivity contribution in [3.05, 3.63) is 76.6 Å². The summed E-state index contributed by atoms with van der Waals surface area (Å²) in [4.78, 5) is 24.7. The summed E-state index contributed by atoms with van der Waals surface area (Å²) in [5.74, 6) is -0.323. The Hall–Kier alpha value is -3.32. The summed E-state index contributed by atoms with van der Waals surface area (Å²) < 4.78 is 7.12. The number of aromatic nitrogens is 2. The maximum absolute atomic E-state index is 12.7. The standard InChI is InChI=1S/C22H23ClN4O3/c1-14(2)21-19(12-24-27(21)17-9-7-16(23)8-10-17)22(29)26-25-20(28)13-30-18-6-4-5-15(3)11-18/h4-12,14H,13H2,1-3H3,(H,25,28)(H,26,29). The van der Waals surface area contributed by atoms with E-state index < -0.39 is 11.8 Å². The van der Waals surface area contributed by atoms with Crippen molar-refractivity contribution in [2.24, 2.45) is 0 Å². The molecule has 0 fully saturated rings. The molecule has 0 aliphatic rings.